The van der Waals surface area contributed by atoms with Crippen LogP contribution in [0.3, 0.4) is 0 Å². The van der Waals surface area contributed by atoms with Crippen LogP contribution in [0.15, 0.2) is 18.2 Å². The molecule has 0 saturated heterocycles. The van der Waals surface area contributed by atoms with Crippen LogP contribution in [0.2, 0.25) is 0 Å². The minimum Gasteiger partial charge on any atom is -0.314 e. The first-order valence-electron chi connectivity index (χ1n) is 5.20. The van der Waals surface area contributed by atoms with Crippen LogP contribution >= 0.6 is 0 Å². The number of nitrogens with one attached hydrogen (secondary N) is 1. The second-order valence-corrected chi connectivity index (χ2v) is 3.70. The lowest BCUT2D eigenvalue weighted by Crippen LogP contribution is -2.27. The first-order valence-corrected chi connectivity index (χ1v) is 5.20. The topological polar surface area (TPSA) is 55.2 Å². The molecule has 4 nitrogen and oxygen atoms in total. The van der Waals surface area contributed by atoms with E-state index in [2.05, 4.69) is 5.32 Å². The predicted octanol–water partition coefficient (Wildman–Crippen LogP) is 2.27. The highest BCUT2D eigenvalue weighted by Gasteiger charge is 2.12. The highest BCUT2D eigenvalue weighted by molar-refractivity contribution is 5.34. The SMILES string of the molecule is CCNC(C)Cc1ccc([N+](=O)[O-])cc1F. The van der Waals surface area contributed by atoms with Crippen molar-refractivity contribution in [2.75, 3.05) is 6.54 Å². The van der Waals surface area contributed by atoms with E-state index in [9.17, 15) is 14.5 Å². The van der Waals surface area contributed by atoms with Crippen LogP contribution < -0.4 is 5.32 Å². The Bertz CT molecular complexity index is 382. The van der Waals surface area contributed by atoms with Gasteiger partial charge >= 0.3 is 0 Å². The molecule has 88 valence electrons. The fourth-order valence-corrected chi connectivity index (χ4v) is 1.57. The summed E-state index contributed by atoms with van der Waals surface area (Å²) in [4.78, 5) is 9.82. The molecule has 0 spiro atoms. The second kappa shape index (κ2) is 5.55. The van der Waals surface area contributed by atoms with E-state index >= 15 is 0 Å². The minimum absolute atomic E-state index is 0.154. The van der Waals surface area contributed by atoms with Crippen molar-refractivity contribution in [1.29, 1.82) is 0 Å². The summed E-state index contributed by atoms with van der Waals surface area (Å²) in [6.45, 7) is 4.74. The summed E-state index contributed by atoms with van der Waals surface area (Å²) in [6, 6.07) is 3.92. The molecule has 0 aliphatic heterocycles. The fraction of sp³-hybridized carbons (Fsp3) is 0.455. The fourth-order valence-electron chi connectivity index (χ4n) is 1.57. The number of rotatable bonds is 5. The molecule has 0 bridgehead atoms. The average Bonchev–Trinajstić information content (AvgIpc) is 2.21. The van der Waals surface area contributed by atoms with Gasteiger partial charge in [-0.15, -0.1) is 0 Å². The van der Waals surface area contributed by atoms with Gasteiger partial charge in [0.2, 0.25) is 0 Å². The van der Waals surface area contributed by atoms with Crippen molar-refractivity contribution in [3.63, 3.8) is 0 Å². The van der Waals surface area contributed by atoms with Gasteiger partial charge in [-0.2, -0.15) is 0 Å². The third kappa shape index (κ3) is 3.27. The summed E-state index contributed by atoms with van der Waals surface area (Å²) < 4.78 is 13.5. The largest absolute Gasteiger partial charge is 0.314 e. The van der Waals surface area contributed by atoms with Crippen LogP contribution in [0.4, 0.5) is 10.1 Å². The molecule has 1 atom stereocenters. The maximum atomic E-state index is 13.5. The van der Waals surface area contributed by atoms with E-state index in [0.29, 0.717) is 12.0 Å². The zero-order valence-corrected chi connectivity index (χ0v) is 9.37. The Morgan fingerprint density at radius 1 is 1.56 bits per heavy atom. The van der Waals surface area contributed by atoms with Gasteiger partial charge in [0.1, 0.15) is 5.82 Å². The molecule has 0 radical (unpaired) electrons. The Balaban J connectivity index is 2.79. The second-order valence-electron chi connectivity index (χ2n) is 3.70. The molecule has 1 aromatic rings. The summed E-state index contributed by atoms with van der Waals surface area (Å²) in [5.41, 5.74) is 0.288. The summed E-state index contributed by atoms with van der Waals surface area (Å²) in [6.07, 6.45) is 0.525. The van der Waals surface area contributed by atoms with Gasteiger partial charge in [0, 0.05) is 12.1 Å². The number of nitrogens with zero attached hydrogens (tertiary/aromatic N) is 1. The van der Waals surface area contributed by atoms with Gasteiger partial charge in [0.15, 0.2) is 0 Å². The van der Waals surface area contributed by atoms with E-state index in [1.54, 1.807) is 0 Å². The molecule has 1 rings (SSSR count). The van der Waals surface area contributed by atoms with Gasteiger partial charge in [-0.3, -0.25) is 10.1 Å². The molecule has 16 heavy (non-hydrogen) atoms. The van der Waals surface area contributed by atoms with Gasteiger partial charge in [0.25, 0.3) is 5.69 Å². The molecule has 0 saturated carbocycles. The number of benzene rings is 1. The number of hydrogen-bond acceptors (Lipinski definition) is 3. The van der Waals surface area contributed by atoms with E-state index in [4.69, 9.17) is 0 Å². The van der Waals surface area contributed by atoms with Crippen molar-refractivity contribution >= 4 is 5.69 Å². The summed E-state index contributed by atoms with van der Waals surface area (Å²) in [7, 11) is 0. The number of nitro benzene ring substituents is 1. The van der Waals surface area contributed by atoms with E-state index < -0.39 is 10.7 Å². The smallest absolute Gasteiger partial charge is 0.272 e. The Morgan fingerprint density at radius 2 is 2.25 bits per heavy atom. The molecule has 0 aliphatic rings. The number of nitro groups is 1. The molecule has 5 heteroatoms. The number of hydrogen-bond donors (Lipinski definition) is 1. The van der Waals surface area contributed by atoms with Gasteiger partial charge in [0.05, 0.1) is 11.0 Å². The van der Waals surface area contributed by atoms with Crippen LogP contribution in [0.1, 0.15) is 19.4 Å². The number of halogens is 1. The zero-order chi connectivity index (χ0) is 12.1. The monoisotopic (exact) mass is 226 g/mol. The first kappa shape index (κ1) is 12.6. The summed E-state index contributed by atoms with van der Waals surface area (Å²) in [5.74, 6) is -0.515. The quantitative estimate of drug-likeness (QED) is 0.619. The number of non-ortho nitro benzene ring substituents is 1. The molecular weight excluding hydrogens is 211 g/mol. The normalized spacial score (nSPS) is 12.4. The third-order valence-electron chi connectivity index (χ3n) is 2.33. The highest BCUT2D eigenvalue weighted by Crippen LogP contribution is 2.17. The van der Waals surface area contributed by atoms with E-state index in [-0.39, 0.29) is 11.7 Å². The van der Waals surface area contributed by atoms with Crippen LogP contribution in [-0.4, -0.2) is 17.5 Å². The Hall–Kier alpha value is -1.49. The zero-order valence-electron chi connectivity index (χ0n) is 9.37. The maximum absolute atomic E-state index is 13.5. The molecule has 0 aliphatic carbocycles. The molecule has 0 heterocycles. The summed E-state index contributed by atoms with van der Waals surface area (Å²) >= 11 is 0. The lowest BCUT2D eigenvalue weighted by Gasteiger charge is -2.12. The Kier molecular flexibility index (Phi) is 4.37. The predicted molar refractivity (Wildman–Crippen MR) is 59.9 cm³/mol. The molecule has 0 aromatic heterocycles. The molecule has 0 fully saturated rings. The van der Waals surface area contributed by atoms with Crippen LogP contribution in [-0.2, 0) is 6.42 Å². The van der Waals surface area contributed by atoms with Crippen LogP contribution in [0, 0.1) is 15.9 Å². The molecule has 0 amide bonds. The lowest BCUT2D eigenvalue weighted by atomic mass is 10.1. The standard InChI is InChI=1S/C11H15FN2O2/c1-3-13-8(2)6-9-4-5-10(14(15)16)7-11(9)12/h4-5,7-8,13H,3,6H2,1-2H3. The molecule has 1 aromatic carbocycles. The van der Waals surface area contributed by atoms with Gasteiger partial charge in [-0.1, -0.05) is 6.92 Å². The Labute approximate surface area is 93.6 Å². The van der Waals surface area contributed by atoms with Crippen molar-refractivity contribution in [2.45, 2.75) is 26.3 Å². The average molecular weight is 226 g/mol. The molecular formula is C11H15FN2O2. The number of likely N-dealkylation sites (N-methyl/N-ethyl adjacent to an activating group) is 1. The van der Waals surface area contributed by atoms with Crippen molar-refractivity contribution in [1.82, 2.24) is 5.32 Å². The van der Waals surface area contributed by atoms with Crippen LogP contribution in [0.25, 0.3) is 0 Å². The molecule has 1 unspecified atom stereocenters. The van der Waals surface area contributed by atoms with Crippen molar-refractivity contribution in [3.05, 3.63) is 39.7 Å². The van der Waals surface area contributed by atoms with Crippen molar-refractivity contribution < 1.29 is 9.31 Å². The lowest BCUT2D eigenvalue weighted by molar-refractivity contribution is -0.385. The highest BCUT2D eigenvalue weighted by atomic mass is 19.1. The first-order chi connectivity index (χ1) is 7.54. The van der Waals surface area contributed by atoms with Gasteiger partial charge in [-0.25, -0.2) is 4.39 Å². The van der Waals surface area contributed by atoms with E-state index in [1.807, 2.05) is 13.8 Å². The van der Waals surface area contributed by atoms with Crippen molar-refractivity contribution in [2.24, 2.45) is 0 Å². The van der Waals surface area contributed by atoms with Crippen molar-refractivity contribution in [3.8, 4) is 0 Å². The maximum Gasteiger partial charge on any atom is 0.272 e. The van der Waals surface area contributed by atoms with Crippen LogP contribution in [0.5, 0.6) is 0 Å². The Morgan fingerprint density at radius 3 is 2.75 bits per heavy atom. The molecule has 1 N–H and O–H groups in total. The van der Waals surface area contributed by atoms with E-state index in [1.165, 1.54) is 12.1 Å². The van der Waals surface area contributed by atoms with E-state index in [0.717, 1.165) is 12.6 Å². The van der Waals surface area contributed by atoms with Gasteiger partial charge < -0.3 is 5.32 Å². The van der Waals surface area contributed by atoms with Gasteiger partial charge in [-0.05, 0) is 31.5 Å². The summed E-state index contributed by atoms with van der Waals surface area (Å²) in [5, 5.41) is 13.6. The third-order valence-corrected chi connectivity index (χ3v) is 2.33. The minimum atomic E-state index is -0.597.